The number of anilines is 1. The van der Waals surface area contributed by atoms with Crippen LogP contribution in [0.25, 0.3) is 17.1 Å². The number of hydrogen-bond acceptors (Lipinski definition) is 5. The first kappa shape index (κ1) is 14.9. The summed E-state index contributed by atoms with van der Waals surface area (Å²) in [5, 5.41) is 14.6. The Hall–Kier alpha value is -3.42. The van der Waals surface area contributed by atoms with E-state index in [0.29, 0.717) is 18.0 Å². The molecule has 4 aromatic rings. The first-order valence-corrected chi connectivity index (χ1v) is 8.35. The zero-order chi connectivity index (χ0) is 17.8. The van der Waals surface area contributed by atoms with E-state index in [0.717, 1.165) is 33.9 Å². The SMILES string of the molecule is Cc1cc(C)n2ncc(C3CC(=O)Nc4n[nH]c(-c5ccco5)c43)c2n1. The topological polar surface area (TPSA) is 101 Å². The Morgan fingerprint density at radius 1 is 1.35 bits per heavy atom. The van der Waals surface area contributed by atoms with Crippen LogP contribution >= 0.6 is 0 Å². The molecule has 0 aliphatic carbocycles. The molecular formula is C18H16N6O2. The Kier molecular flexibility index (Phi) is 3.03. The van der Waals surface area contributed by atoms with Crippen molar-refractivity contribution < 1.29 is 9.21 Å². The van der Waals surface area contributed by atoms with Gasteiger partial charge in [0.25, 0.3) is 0 Å². The number of fused-ring (bicyclic) bond motifs is 2. The second kappa shape index (κ2) is 5.29. The van der Waals surface area contributed by atoms with Crippen LogP contribution in [0.4, 0.5) is 5.82 Å². The second-order valence-electron chi connectivity index (χ2n) is 6.52. The number of furan rings is 1. The van der Waals surface area contributed by atoms with Crippen molar-refractivity contribution in [2.45, 2.75) is 26.2 Å². The Morgan fingerprint density at radius 2 is 2.23 bits per heavy atom. The number of aromatic amines is 1. The van der Waals surface area contributed by atoms with Crippen molar-refractivity contribution in [3.63, 3.8) is 0 Å². The largest absolute Gasteiger partial charge is 0.463 e. The Labute approximate surface area is 148 Å². The molecule has 0 saturated carbocycles. The van der Waals surface area contributed by atoms with E-state index in [4.69, 9.17) is 4.42 Å². The molecule has 0 spiro atoms. The molecule has 4 aromatic heterocycles. The maximum atomic E-state index is 12.3. The zero-order valence-electron chi connectivity index (χ0n) is 14.3. The van der Waals surface area contributed by atoms with Crippen LogP contribution in [0.2, 0.25) is 0 Å². The van der Waals surface area contributed by atoms with Gasteiger partial charge in [0.05, 0.1) is 12.5 Å². The number of nitrogens with one attached hydrogen (secondary N) is 2. The van der Waals surface area contributed by atoms with Gasteiger partial charge < -0.3 is 9.73 Å². The summed E-state index contributed by atoms with van der Waals surface area (Å²) < 4.78 is 7.35. The molecule has 1 aliphatic heterocycles. The number of aromatic nitrogens is 5. The van der Waals surface area contributed by atoms with Crippen LogP contribution in [0.1, 0.15) is 34.9 Å². The van der Waals surface area contributed by atoms with Gasteiger partial charge in [-0.1, -0.05) is 0 Å². The van der Waals surface area contributed by atoms with Crippen molar-refractivity contribution in [3.05, 3.63) is 53.2 Å². The van der Waals surface area contributed by atoms with Crippen molar-refractivity contribution in [3.8, 4) is 11.5 Å². The molecule has 0 aromatic carbocycles. The average molecular weight is 348 g/mol. The number of aryl methyl sites for hydroxylation is 2. The number of nitrogens with zero attached hydrogens (tertiary/aromatic N) is 4. The quantitative estimate of drug-likeness (QED) is 0.580. The molecule has 1 atom stereocenters. The smallest absolute Gasteiger partial charge is 0.226 e. The van der Waals surface area contributed by atoms with E-state index in [9.17, 15) is 4.79 Å². The molecule has 8 heteroatoms. The second-order valence-corrected chi connectivity index (χ2v) is 6.52. The van der Waals surface area contributed by atoms with Gasteiger partial charge in [-0.05, 0) is 32.0 Å². The fraction of sp³-hybridized carbons (Fsp3) is 0.222. The van der Waals surface area contributed by atoms with Crippen molar-refractivity contribution in [1.82, 2.24) is 24.8 Å². The summed E-state index contributed by atoms with van der Waals surface area (Å²) in [6.07, 6.45) is 3.71. The van der Waals surface area contributed by atoms with E-state index in [1.54, 1.807) is 17.0 Å². The van der Waals surface area contributed by atoms with E-state index in [-0.39, 0.29) is 11.8 Å². The highest BCUT2D eigenvalue weighted by Gasteiger charge is 2.34. The van der Waals surface area contributed by atoms with Crippen LogP contribution in [-0.2, 0) is 4.79 Å². The molecule has 1 amide bonds. The summed E-state index contributed by atoms with van der Waals surface area (Å²) >= 11 is 0. The van der Waals surface area contributed by atoms with Crippen molar-refractivity contribution in [2.24, 2.45) is 0 Å². The summed E-state index contributed by atoms with van der Waals surface area (Å²) in [4.78, 5) is 16.9. The van der Waals surface area contributed by atoms with E-state index < -0.39 is 0 Å². The molecule has 0 bridgehead atoms. The molecule has 2 N–H and O–H groups in total. The lowest BCUT2D eigenvalue weighted by Gasteiger charge is -2.22. The van der Waals surface area contributed by atoms with E-state index in [1.165, 1.54) is 0 Å². The number of carbonyl (C=O) groups is 1. The van der Waals surface area contributed by atoms with Gasteiger partial charge in [-0.25, -0.2) is 9.50 Å². The van der Waals surface area contributed by atoms with Crippen molar-refractivity contribution in [2.75, 3.05) is 5.32 Å². The molecule has 5 rings (SSSR count). The molecule has 0 radical (unpaired) electrons. The third-order valence-electron chi connectivity index (χ3n) is 4.75. The van der Waals surface area contributed by atoms with E-state index >= 15 is 0 Å². The minimum absolute atomic E-state index is 0.0799. The minimum atomic E-state index is -0.205. The van der Waals surface area contributed by atoms with Crippen LogP contribution in [0.3, 0.4) is 0 Å². The molecule has 0 saturated heterocycles. The van der Waals surface area contributed by atoms with Gasteiger partial charge in [0.1, 0.15) is 5.69 Å². The lowest BCUT2D eigenvalue weighted by Crippen LogP contribution is -2.23. The first-order chi connectivity index (χ1) is 12.6. The van der Waals surface area contributed by atoms with Gasteiger partial charge in [-0.15, -0.1) is 0 Å². The average Bonchev–Trinajstić information content (AvgIpc) is 3.32. The molecule has 5 heterocycles. The molecular weight excluding hydrogens is 332 g/mol. The zero-order valence-corrected chi connectivity index (χ0v) is 14.3. The van der Waals surface area contributed by atoms with Gasteiger partial charge in [0, 0.05) is 34.9 Å². The van der Waals surface area contributed by atoms with Crippen LogP contribution in [0.15, 0.2) is 35.1 Å². The minimum Gasteiger partial charge on any atom is -0.463 e. The molecule has 1 unspecified atom stereocenters. The van der Waals surface area contributed by atoms with Crippen LogP contribution in [-0.4, -0.2) is 30.7 Å². The van der Waals surface area contributed by atoms with Gasteiger partial charge in [0.2, 0.25) is 5.91 Å². The Bertz CT molecular complexity index is 1140. The normalized spacial score (nSPS) is 16.7. The van der Waals surface area contributed by atoms with Crippen LogP contribution in [0.5, 0.6) is 0 Å². The maximum absolute atomic E-state index is 12.3. The molecule has 26 heavy (non-hydrogen) atoms. The lowest BCUT2D eigenvalue weighted by molar-refractivity contribution is -0.116. The standard InChI is InChI=1S/C18H16N6O2/c1-9-6-10(2)24-18(20-9)12(8-19-24)11-7-14(25)21-17-15(11)16(22-23-17)13-4-3-5-26-13/h3-6,8,11H,7H2,1-2H3,(H2,21,22,23,25). The molecule has 8 nitrogen and oxygen atoms in total. The number of hydrogen-bond donors (Lipinski definition) is 2. The summed E-state index contributed by atoms with van der Waals surface area (Å²) in [6.45, 7) is 3.94. The number of H-pyrrole nitrogens is 1. The summed E-state index contributed by atoms with van der Waals surface area (Å²) in [5.41, 5.74) is 5.24. The van der Waals surface area contributed by atoms with E-state index in [2.05, 4.69) is 25.6 Å². The number of carbonyl (C=O) groups excluding carboxylic acids is 1. The third-order valence-corrected chi connectivity index (χ3v) is 4.75. The van der Waals surface area contributed by atoms with Crippen LogP contribution < -0.4 is 5.32 Å². The van der Waals surface area contributed by atoms with Crippen molar-refractivity contribution in [1.29, 1.82) is 0 Å². The predicted molar refractivity (Wildman–Crippen MR) is 93.8 cm³/mol. The van der Waals surface area contributed by atoms with Gasteiger partial charge in [-0.2, -0.15) is 10.2 Å². The Balaban J connectivity index is 1.75. The fourth-order valence-electron chi connectivity index (χ4n) is 3.66. The first-order valence-electron chi connectivity index (χ1n) is 8.35. The predicted octanol–water partition coefficient (Wildman–Crippen LogP) is 2.80. The summed E-state index contributed by atoms with van der Waals surface area (Å²) in [6, 6.07) is 5.67. The highest BCUT2D eigenvalue weighted by molar-refractivity contribution is 5.96. The molecule has 1 aliphatic rings. The van der Waals surface area contributed by atoms with Gasteiger partial charge >= 0.3 is 0 Å². The summed E-state index contributed by atoms with van der Waals surface area (Å²) in [5.74, 6) is 0.922. The van der Waals surface area contributed by atoms with E-state index in [1.807, 2.05) is 32.0 Å². The third kappa shape index (κ3) is 2.08. The van der Waals surface area contributed by atoms with Gasteiger partial charge in [-0.3, -0.25) is 9.89 Å². The van der Waals surface area contributed by atoms with Crippen LogP contribution in [0, 0.1) is 13.8 Å². The summed E-state index contributed by atoms with van der Waals surface area (Å²) in [7, 11) is 0. The molecule has 130 valence electrons. The fourth-order valence-corrected chi connectivity index (χ4v) is 3.66. The lowest BCUT2D eigenvalue weighted by atomic mass is 9.86. The van der Waals surface area contributed by atoms with Gasteiger partial charge in [0.15, 0.2) is 17.2 Å². The monoisotopic (exact) mass is 348 g/mol. The van der Waals surface area contributed by atoms with Crippen molar-refractivity contribution >= 4 is 17.4 Å². The number of amides is 1. The number of rotatable bonds is 2. The Morgan fingerprint density at radius 3 is 3.04 bits per heavy atom. The highest BCUT2D eigenvalue weighted by atomic mass is 16.3. The molecule has 0 fully saturated rings. The maximum Gasteiger partial charge on any atom is 0.226 e. The highest BCUT2D eigenvalue weighted by Crippen LogP contribution is 2.42.